The van der Waals surface area contributed by atoms with Crippen molar-refractivity contribution >= 4 is 10.8 Å². The Morgan fingerprint density at radius 3 is 2.67 bits per heavy atom. The number of pyridine rings is 1. The van der Waals surface area contributed by atoms with Crippen molar-refractivity contribution in [2.45, 2.75) is 26.7 Å². The summed E-state index contributed by atoms with van der Waals surface area (Å²) in [6, 6.07) is 5.84. The van der Waals surface area contributed by atoms with Crippen LogP contribution < -0.4 is 0 Å². The Morgan fingerprint density at radius 1 is 1.27 bits per heavy atom. The maximum absolute atomic E-state index is 9.88. The van der Waals surface area contributed by atoms with Crippen molar-refractivity contribution in [3.8, 4) is 5.75 Å². The number of benzene rings is 1. The summed E-state index contributed by atoms with van der Waals surface area (Å²) in [5.74, 6) is 0.705. The first-order valence-corrected chi connectivity index (χ1v) is 5.18. The number of aromatic nitrogens is 1. The molecule has 1 N–H and O–H groups in total. The number of phenolic OH excluding ortho intramolecular Hbond substituents is 1. The quantitative estimate of drug-likeness (QED) is 0.767. The molecule has 0 amide bonds. The van der Waals surface area contributed by atoms with Gasteiger partial charge in [-0.15, -0.1) is 0 Å². The van der Waals surface area contributed by atoms with Gasteiger partial charge in [0.25, 0.3) is 0 Å². The molecule has 2 aromatic rings. The minimum atomic E-state index is 0.336. The van der Waals surface area contributed by atoms with Crippen LogP contribution >= 0.6 is 0 Å². The molecule has 0 saturated carbocycles. The number of aromatic hydroxyl groups is 1. The van der Waals surface area contributed by atoms with Crippen molar-refractivity contribution in [2.75, 3.05) is 0 Å². The fraction of sp³-hybridized carbons (Fsp3) is 0.308. The Hall–Kier alpha value is -1.57. The molecule has 0 spiro atoms. The van der Waals surface area contributed by atoms with Crippen LogP contribution in [0.5, 0.6) is 5.75 Å². The molecule has 15 heavy (non-hydrogen) atoms. The molecule has 0 atom stereocenters. The average molecular weight is 201 g/mol. The summed E-state index contributed by atoms with van der Waals surface area (Å²) >= 11 is 0. The number of fused-ring (bicyclic) bond motifs is 1. The molecule has 0 saturated heterocycles. The topological polar surface area (TPSA) is 33.1 Å². The lowest BCUT2D eigenvalue weighted by Gasteiger charge is -2.10. The molecule has 2 rings (SSSR count). The van der Waals surface area contributed by atoms with E-state index in [2.05, 4.69) is 18.8 Å². The highest BCUT2D eigenvalue weighted by Gasteiger charge is 2.08. The van der Waals surface area contributed by atoms with Gasteiger partial charge in [0.1, 0.15) is 5.75 Å². The number of phenols is 1. The van der Waals surface area contributed by atoms with Crippen LogP contribution in [0.4, 0.5) is 0 Å². The molecule has 0 aliphatic carbocycles. The SMILES string of the molecule is Cc1nccc2cc(C(C)C)c(O)cc12. The summed E-state index contributed by atoms with van der Waals surface area (Å²) in [6.07, 6.45) is 1.80. The predicted octanol–water partition coefficient (Wildman–Crippen LogP) is 3.37. The van der Waals surface area contributed by atoms with E-state index in [9.17, 15) is 5.11 Å². The molecule has 78 valence electrons. The molecule has 0 fully saturated rings. The smallest absolute Gasteiger partial charge is 0.119 e. The molecule has 0 aliphatic heterocycles. The lowest BCUT2D eigenvalue weighted by atomic mass is 9.98. The van der Waals surface area contributed by atoms with Crippen LogP contribution in [0, 0.1) is 6.92 Å². The molecule has 2 heteroatoms. The van der Waals surface area contributed by atoms with E-state index in [0.29, 0.717) is 11.7 Å². The first kappa shape index (κ1) is 9.97. The van der Waals surface area contributed by atoms with Gasteiger partial charge in [-0.3, -0.25) is 4.98 Å². The molecule has 0 radical (unpaired) electrons. The van der Waals surface area contributed by atoms with Gasteiger partial charge in [-0.25, -0.2) is 0 Å². The van der Waals surface area contributed by atoms with Crippen LogP contribution in [0.1, 0.15) is 31.0 Å². The number of nitrogens with zero attached hydrogens (tertiary/aromatic N) is 1. The van der Waals surface area contributed by atoms with Crippen molar-refractivity contribution < 1.29 is 5.11 Å². The number of hydrogen-bond acceptors (Lipinski definition) is 2. The van der Waals surface area contributed by atoms with Crippen LogP contribution in [0.3, 0.4) is 0 Å². The maximum atomic E-state index is 9.88. The van der Waals surface area contributed by atoms with Gasteiger partial charge in [-0.2, -0.15) is 0 Å². The largest absolute Gasteiger partial charge is 0.508 e. The van der Waals surface area contributed by atoms with Crippen LogP contribution in [0.15, 0.2) is 24.4 Å². The first-order chi connectivity index (χ1) is 7.09. The van der Waals surface area contributed by atoms with Gasteiger partial charge in [0.15, 0.2) is 0 Å². The summed E-state index contributed by atoms with van der Waals surface area (Å²) in [7, 11) is 0. The van der Waals surface area contributed by atoms with Gasteiger partial charge < -0.3 is 5.11 Å². The van der Waals surface area contributed by atoms with Crippen molar-refractivity contribution in [1.82, 2.24) is 4.98 Å². The van der Waals surface area contributed by atoms with Gasteiger partial charge in [-0.05, 0) is 42.0 Å². The lowest BCUT2D eigenvalue weighted by molar-refractivity contribution is 0.466. The Labute approximate surface area is 89.6 Å². The third-order valence-corrected chi connectivity index (χ3v) is 2.73. The third-order valence-electron chi connectivity index (χ3n) is 2.73. The third kappa shape index (κ3) is 1.67. The molecule has 0 bridgehead atoms. The minimum absolute atomic E-state index is 0.336. The van der Waals surface area contributed by atoms with Crippen LogP contribution in [-0.2, 0) is 0 Å². The fourth-order valence-electron chi connectivity index (χ4n) is 1.84. The molecular formula is C13H15NO. The second-order valence-corrected chi connectivity index (χ2v) is 4.18. The van der Waals surface area contributed by atoms with Gasteiger partial charge in [0, 0.05) is 17.3 Å². The highest BCUT2D eigenvalue weighted by atomic mass is 16.3. The lowest BCUT2D eigenvalue weighted by Crippen LogP contribution is -1.90. The van der Waals surface area contributed by atoms with E-state index < -0.39 is 0 Å². The number of aryl methyl sites for hydroxylation is 1. The van der Waals surface area contributed by atoms with Crippen LogP contribution in [-0.4, -0.2) is 10.1 Å². The fourth-order valence-corrected chi connectivity index (χ4v) is 1.84. The summed E-state index contributed by atoms with van der Waals surface area (Å²) in [4.78, 5) is 4.21. The summed E-state index contributed by atoms with van der Waals surface area (Å²) in [6.45, 7) is 6.11. The molecule has 2 nitrogen and oxygen atoms in total. The Balaban J connectivity index is 2.76. The number of hydrogen-bond donors (Lipinski definition) is 1. The standard InChI is InChI=1S/C13H15NO/c1-8(2)11-6-10-4-5-14-9(3)12(10)7-13(11)15/h4-8,15H,1-3H3. The zero-order valence-electron chi connectivity index (χ0n) is 9.28. The van der Waals surface area contributed by atoms with Crippen LogP contribution in [0.25, 0.3) is 10.8 Å². The van der Waals surface area contributed by atoms with Crippen molar-refractivity contribution in [2.24, 2.45) is 0 Å². The van der Waals surface area contributed by atoms with Crippen LogP contribution in [0.2, 0.25) is 0 Å². The van der Waals surface area contributed by atoms with Gasteiger partial charge in [-0.1, -0.05) is 13.8 Å². The normalized spacial score (nSPS) is 11.2. The van der Waals surface area contributed by atoms with Gasteiger partial charge >= 0.3 is 0 Å². The molecular weight excluding hydrogens is 186 g/mol. The summed E-state index contributed by atoms with van der Waals surface area (Å²) in [5, 5.41) is 12.0. The summed E-state index contributed by atoms with van der Waals surface area (Å²) in [5.41, 5.74) is 1.95. The van der Waals surface area contributed by atoms with E-state index >= 15 is 0 Å². The highest BCUT2D eigenvalue weighted by Crippen LogP contribution is 2.30. The van der Waals surface area contributed by atoms with Crippen molar-refractivity contribution in [3.05, 3.63) is 35.7 Å². The van der Waals surface area contributed by atoms with Crippen molar-refractivity contribution in [1.29, 1.82) is 0 Å². The molecule has 0 aliphatic rings. The average Bonchev–Trinajstić information content (AvgIpc) is 2.18. The summed E-state index contributed by atoms with van der Waals surface area (Å²) < 4.78 is 0. The Morgan fingerprint density at radius 2 is 2.00 bits per heavy atom. The molecule has 1 aromatic carbocycles. The Bertz CT molecular complexity index is 503. The second-order valence-electron chi connectivity index (χ2n) is 4.18. The highest BCUT2D eigenvalue weighted by molar-refractivity contribution is 5.86. The van der Waals surface area contributed by atoms with E-state index in [-0.39, 0.29) is 0 Å². The molecule has 0 unspecified atom stereocenters. The first-order valence-electron chi connectivity index (χ1n) is 5.18. The zero-order valence-corrected chi connectivity index (χ0v) is 9.28. The monoisotopic (exact) mass is 201 g/mol. The minimum Gasteiger partial charge on any atom is -0.508 e. The van der Waals surface area contributed by atoms with E-state index in [1.807, 2.05) is 25.1 Å². The van der Waals surface area contributed by atoms with E-state index in [1.54, 1.807) is 6.20 Å². The van der Waals surface area contributed by atoms with E-state index in [1.165, 1.54) is 0 Å². The molecule has 1 heterocycles. The van der Waals surface area contributed by atoms with Gasteiger partial charge in [0.2, 0.25) is 0 Å². The maximum Gasteiger partial charge on any atom is 0.119 e. The van der Waals surface area contributed by atoms with E-state index in [0.717, 1.165) is 22.0 Å². The number of rotatable bonds is 1. The second kappa shape index (κ2) is 3.54. The predicted molar refractivity (Wildman–Crippen MR) is 62.2 cm³/mol. The van der Waals surface area contributed by atoms with E-state index in [4.69, 9.17) is 0 Å². The molecule has 1 aromatic heterocycles. The van der Waals surface area contributed by atoms with Crippen molar-refractivity contribution in [3.63, 3.8) is 0 Å². The Kier molecular flexibility index (Phi) is 2.35. The van der Waals surface area contributed by atoms with Gasteiger partial charge in [0.05, 0.1) is 0 Å². The zero-order chi connectivity index (χ0) is 11.0.